The van der Waals surface area contributed by atoms with E-state index in [4.69, 9.17) is 4.74 Å². The molecule has 154 valence electrons. The third-order valence-electron chi connectivity index (χ3n) is 5.74. The Kier molecular flexibility index (Phi) is 5.92. The number of para-hydroxylation sites is 1. The average molecular weight is 413 g/mol. The fraction of sp³-hybridized carbons (Fsp3) is 0.391. The van der Waals surface area contributed by atoms with Gasteiger partial charge in [0.2, 0.25) is 10.0 Å². The molecule has 3 aromatic rings. The molecule has 29 heavy (non-hydrogen) atoms. The summed E-state index contributed by atoms with van der Waals surface area (Å²) in [7, 11) is -3.47. The molecule has 6 heteroatoms. The number of nitrogens with one attached hydrogen (secondary N) is 1. The molecular weight excluding hydrogens is 384 g/mol. The highest BCUT2D eigenvalue weighted by Crippen LogP contribution is 2.34. The van der Waals surface area contributed by atoms with E-state index in [1.165, 1.54) is 10.9 Å². The Balaban J connectivity index is 1.42. The van der Waals surface area contributed by atoms with Gasteiger partial charge < -0.3 is 9.72 Å². The lowest BCUT2D eigenvalue weighted by Gasteiger charge is -2.31. The highest BCUT2D eigenvalue weighted by molar-refractivity contribution is 7.89. The Morgan fingerprint density at radius 3 is 2.52 bits per heavy atom. The number of benzene rings is 2. The van der Waals surface area contributed by atoms with Crippen molar-refractivity contribution in [2.45, 2.75) is 43.4 Å². The molecule has 1 aliphatic heterocycles. The monoisotopic (exact) mass is 412 g/mol. The van der Waals surface area contributed by atoms with E-state index in [1.807, 2.05) is 6.07 Å². The lowest BCUT2D eigenvalue weighted by molar-refractivity contribution is 0.309. The van der Waals surface area contributed by atoms with Crippen LogP contribution < -0.4 is 4.74 Å². The van der Waals surface area contributed by atoms with E-state index in [9.17, 15) is 8.42 Å². The van der Waals surface area contributed by atoms with Crippen molar-refractivity contribution in [3.05, 3.63) is 60.3 Å². The first-order valence-electron chi connectivity index (χ1n) is 10.4. The van der Waals surface area contributed by atoms with Crippen molar-refractivity contribution < 1.29 is 13.2 Å². The summed E-state index contributed by atoms with van der Waals surface area (Å²) in [5, 5.41) is 1.24. The predicted molar refractivity (Wildman–Crippen MR) is 116 cm³/mol. The minimum Gasteiger partial charge on any atom is -0.494 e. The molecule has 0 unspecified atom stereocenters. The highest BCUT2D eigenvalue weighted by Gasteiger charge is 2.30. The summed E-state index contributed by atoms with van der Waals surface area (Å²) < 4.78 is 33.3. The van der Waals surface area contributed by atoms with E-state index in [0.29, 0.717) is 30.5 Å². The zero-order chi connectivity index (χ0) is 20.3. The molecule has 1 N–H and O–H groups in total. The van der Waals surface area contributed by atoms with Gasteiger partial charge in [-0.1, -0.05) is 31.5 Å². The van der Waals surface area contributed by atoms with Crippen LogP contribution in [-0.4, -0.2) is 37.4 Å². The van der Waals surface area contributed by atoms with Gasteiger partial charge in [0.25, 0.3) is 0 Å². The summed E-state index contributed by atoms with van der Waals surface area (Å²) in [5.41, 5.74) is 2.44. The molecular formula is C23H28N2O3S. The molecule has 0 amide bonds. The maximum absolute atomic E-state index is 13.0. The molecule has 0 aliphatic carbocycles. The van der Waals surface area contributed by atoms with Gasteiger partial charge in [0.1, 0.15) is 5.75 Å². The van der Waals surface area contributed by atoms with E-state index >= 15 is 0 Å². The van der Waals surface area contributed by atoms with Gasteiger partial charge in [-0.05, 0) is 61.1 Å². The number of aromatic amines is 1. The van der Waals surface area contributed by atoms with Gasteiger partial charge in [-0.15, -0.1) is 0 Å². The molecule has 2 heterocycles. The molecule has 0 radical (unpaired) electrons. The summed E-state index contributed by atoms with van der Waals surface area (Å²) in [4.78, 5) is 3.67. The van der Waals surface area contributed by atoms with E-state index < -0.39 is 10.0 Å². The number of H-pyrrole nitrogens is 1. The van der Waals surface area contributed by atoms with Crippen LogP contribution in [0.25, 0.3) is 10.9 Å². The van der Waals surface area contributed by atoms with Gasteiger partial charge in [0.05, 0.1) is 11.5 Å². The average Bonchev–Trinajstić information content (AvgIpc) is 3.19. The largest absolute Gasteiger partial charge is 0.494 e. The Hall–Kier alpha value is -2.31. The van der Waals surface area contributed by atoms with Gasteiger partial charge >= 0.3 is 0 Å². The van der Waals surface area contributed by atoms with Gasteiger partial charge in [0, 0.05) is 30.2 Å². The maximum atomic E-state index is 13.0. The Bertz CT molecular complexity index is 1050. The first-order valence-corrected chi connectivity index (χ1v) is 11.8. The van der Waals surface area contributed by atoms with E-state index in [-0.39, 0.29) is 0 Å². The van der Waals surface area contributed by atoms with Crippen LogP contribution in [0, 0.1) is 0 Å². The van der Waals surface area contributed by atoms with Crippen LogP contribution in [0.1, 0.15) is 44.1 Å². The predicted octanol–water partition coefficient (Wildman–Crippen LogP) is 4.92. The normalized spacial score (nSPS) is 16.3. The van der Waals surface area contributed by atoms with Crippen LogP contribution in [0.4, 0.5) is 0 Å². The van der Waals surface area contributed by atoms with Crippen molar-refractivity contribution in [3.8, 4) is 5.75 Å². The third kappa shape index (κ3) is 4.19. The number of ether oxygens (including phenoxy) is 1. The summed E-state index contributed by atoms with van der Waals surface area (Å²) in [5.74, 6) is 1.10. The second-order valence-electron chi connectivity index (χ2n) is 7.64. The SMILES string of the molecule is CCCCOc1ccc(S(=O)(=O)N2CCC(c3c[nH]c4ccccc34)CC2)cc1. The van der Waals surface area contributed by atoms with Crippen LogP contribution in [0.2, 0.25) is 0 Å². The van der Waals surface area contributed by atoms with E-state index in [0.717, 1.165) is 36.9 Å². The number of piperidine rings is 1. The summed E-state index contributed by atoms with van der Waals surface area (Å²) in [6, 6.07) is 15.1. The van der Waals surface area contributed by atoms with Crippen molar-refractivity contribution in [1.29, 1.82) is 0 Å². The van der Waals surface area contributed by atoms with Gasteiger partial charge in [0.15, 0.2) is 0 Å². The number of aromatic nitrogens is 1. The lowest BCUT2D eigenvalue weighted by Crippen LogP contribution is -2.37. The molecule has 0 spiro atoms. The minimum absolute atomic E-state index is 0.339. The Morgan fingerprint density at radius 1 is 1.07 bits per heavy atom. The summed E-state index contributed by atoms with van der Waals surface area (Å²) in [6.07, 6.45) is 5.81. The number of fused-ring (bicyclic) bond motifs is 1. The molecule has 1 aliphatic rings. The fourth-order valence-corrected chi connectivity index (χ4v) is 5.50. The first kappa shape index (κ1) is 20.0. The number of hydrogen-bond acceptors (Lipinski definition) is 3. The minimum atomic E-state index is -3.47. The maximum Gasteiger partial charge on any atom is 0.243 e. The van der Waals surface area contributed by atoms with E-state index in [1.54, 1.807) is 28.6 Å². The van der Waals surface area contributed by atoms with Gasteiger partial charge in [-0.2, -0.15) is 4.31 Å². The lowest BCUT2D eigenvalue weighted by atomic mass is 9.90. The highest BCUT2D eigenvalue weighted by atomic mass is 32.2. The molecule has 4 rings (SSSR count). The van der Waals surface area contributed by atoms with Crippen molar-refractivity contribution in [1.82, 2.24) is 9.29 Å². The topological polar surface area (TPSA) is 62.4 Å². The van der Waals surface area contributed by atoms with Gasteiger partial charge in [-0.3, -0.25) is 0 Å². The number of hydrogen-bond donors (Lipinski definition) is 1. The molecule has 1 aromatic heterocycles. The molecule has 0 saturated carbocycles. The van der Waals surface area contributed by atoms with Crippen molar-refractivity contribution in [3.63, 3.8) is 0 Å². The van der Waals surface area contributed by atoms with Crippen LogP contribution in [0.3, 0.4) is 0 Å². The smallest absolute Gasteiger partial charge is 0.243 e. The van der Waals surface area contributed by atoms with Crippen molar-refractivity contribution >= 4 is 20.9 Å². The zero-order valence-electron chi connectivity index (χ0n) is 16.8. The first-order chi connectivity index (χ1) is 14.1. The van der Waals surface area contributed by atoms with E-state index in [2.05, 4.69) is 36.3 Å². The molecule has 1 saturated heterocycles. The van der Waals surface area contributed by atoms with Crippen LogP contribution in [0.5, 0.6) is 5.75 Å². The number of sulfonamides is 1. The number of rotatable bonds is 7. The molecule has 0 bridgehead atoms. The molecule has 2 aromatic carbocycles. The quantitative estimate of drug-likeness (QED) is 0.561. The van der Waals surface area contributed by atoms with Crippen molar-refractivity contribution in [2.24, 2.45) is 0 Å². The van der Waals surface area contributed by atoms with Gasteiger partial charge in [-0.25, -0.2) is 8.42 Å². The fourth-order valence-electron chi connectivity index (χ4n) is 4.03. The molecule has 5 nitrogen and oxygen atoms in total. The van der Waals surface area contributed by atoms with Crippen molar-refractivity contribution in [2.75, 3.05) is 19.7 Å². The summed E-state index contributed by atoms with van der Waals surface area (Å²) in [6.45, 7) is 3.85. The standard InChI is InChI=1S/C23H28N2O3S/c1-2-3-16-28-19-8-10-20(11-9-19)29(26,27)25-14-12-18(13-15-25)22-17-24-23-7-5-4-6-21(22)23/h4-11,17-18,24H,2-3,12-16H2,1H3. The summed E-state index contributed by atoms with van der Waals surface area (Å²) >= 11 is 0. The number of unbranched alkanes of at least 4 members (excludes halogenated alkanes) is 1. The van der Waals surface area contributed by atoms with Crippen LogP contribution >= 0.6 is 0 Å². The van der Waals surface area contributed by atoms with Crippen LogP contribution in [-0.2, 0) is 10.0 Å². The van der Waals surface area contributed by atoms with Crippen LogP contribution in [0.15, 0.2) is 59.6 Å². The third-order valence-corrected chi connectivity index (χ3v) is 7.66. The molecule has 0 atom stereocenters. The zero-order valence-corrected chi connectivity index (χ0v) is 17.6. The number of nitrogens with zero attached hydrogens (tertiary/aromatic N) is 1. The Labute approximate surface area is 172 Å². The Morgan fingerprint density at radius 2 is 1.79 bits per heavy atom. The second kappa shape index (κ2) is 8.59. The molecule has 1 fully saturated rings. The second-order valence-corrected chi connectivity index (χ2v) is 9.58.